The summed E-state index contributed by atoms with van der Waals surface area (Å²) in [6.45, 7) is 0. The predicted octanol–water partition coefficient (Wildman–Crippen LogP) is 6.83. The molecule has 0 N–H and O–H groups in total. The van der Waals surface area contributed by atoms with Gasteiger partial charge in [-0.2, -0.15) is 0 Å². The van der Waals surface area contributed by atoms with Gasteiger partial charge >= 0.3 is 0 Å². The molecule has 3 nitrogen and oxygen atoms in total. The Morgan fingerprint density at radius 1 is 0.767 bits per heavy atom. The number of hydrogen-bond acceptors (Lipinski definition) is 5. The standard InChI is InChI=1S/C23H18Cl2N2OS2/c24-21-7-5-15(13-26-21)11-17(19-3-1-9-29-19)23(28)18(20-4-2-10-30-20)12-16-6-8-22(25)27-14-16/h1-10,13-14,17-18H,11-12H2. The molecule has 0 spiro atoms. The molecule has 0 saturated heterocycles. The molecule has 4 rings (SSSR count). The molecule has 0 bridgehead atoms. The number of pyridine rings is 2. The van der Waals surface area contributed by atoms with Crippen molar-refractivity contribution in [1.29, 1.82) is 0 Å². The van der Waals surface area contributed by atoms with Gasteiger partial charge in [0.1, 0.15) is 16.1 Å². The molecule has 7 heteroatoms. The number of carbonyl (C=O) groups excluding carboxylic acids is 1. The number of Topliss-reactive ketones (excluding diaryl/α,β-unsaturated/α-hetero) is 1. The fraction of sp³-hybridized carbons (Fsp3) is 0.174. The van der Waals surface area contributed by atoms with E-state index in [0.29, 0.717) is 23.1 Å². The summed E-state index contributed by atoms with van der Waals surface area (Å²) in [6.07, 6.45) is 4.67. The van der Waals surface area contributed by atoms with E-state index in [0.717, 1.165) is 20.9 Å². The fourth-order valence-corrected chi connectivity index (χ4v) is 5.32. The predicted molar refractivity (Wildman–Crippen MR) is 125 cm³/mol. The number of carbonyl (C=O) groups is 1. The number of hydrogen-bond donors (Lipinski definition) is 0. The minimum atomic E-state index is -0.250. The first-order valence-corrected chi connectivity index (χ1v) is 11.9. The summed E-state index contributed by atoms with van der Waals surface area (Å²) in [5, 5.41) is 4.92. The summed E-state index contributed by atoms with van der Waals surface area (Å²) in [5.74, 6) is -0.300. The number of ketones is 1. The maximum absolute atomic E-state index is 13.9. The Labute approximate surface area is 193 Å². The van der Waals surface area contributed by atoms with Crippen molar-refractivity contribution in [2.45, 2.75) is 24.7 Å². The summed E-state index contributed by atoms with van der Waals surface area (Å²) in [4.78, 5) is 24.4. The average Bonchev–Trinajstić information content (AvgIpc) is 3.47. The van der Waals surface area contributed by atoms with Gasteiger partial charge in [-0.1, -0.05) is 47.5 Å². The van der Waals surface area contributed by atoms with Gasteiger partial charge in [0.05, 0.1) is 11.8 Å². The fourth-order valence-electron chi connectivity index (χ4n) is 3.43. The van der Waals surface area contributed by atoms with E-state index in [1.54, 1.807) is 47.2 Å². The topological polar surface area (TPSA) is 42.9 Å². The summed E-state index contributed by atoms with van der Waals surface area (Å²) >= 11 is 15.1. The molecule has 2 atom stereocenters. The largest absolute Gasteiger partial charge is 0.298 e. The SMILES string of the molecule is O=C(C(Cc1ccc(Cl)nc1)c1cccs1)C(Cc1ccc(Cl)nc1)c1cccs1. The van der Waals surface area contributed by atoms with Gasteiger partial charge in [-0.3, -0.25) is 4.79 Å². The molecule has 4 aromatic rings. The third-order valence-electron chi connectivity index (χ3n) is 4.92. The first-order chi connectivity index (χ1) is 14.6. The number of halogens is 2. The Bertz CT molecular complexity index is 992. The summed E-state index contributed by atoms with van der Waals surface area (Å²) in [6, 6.07) is 15.5. The van der Waals surface area contributed by atoms with Gasteiger partial charge in [0.25, 0.3) is 0 Å². The van der Waals surface area contributed by atoms with Crippen LogP contribution in [0.3, 0.4) is 0 Å². The van der Waals surface area contributed by atoms with Crippen LogP contribution >= 0.6 is 45.9 Å². The van der Waals surface area contributed by atoms with Crippen molar-refractivity contribution >= 4 is 51.7 Å². The first kappa shape index (κ1) is 21.2. The van der Waals surface area contributed by atoms with Crippen LogP contribution in [0.25, 0.3) is 0 Å². The van der Waals surface area contributed by atoms with Crippen LogP contribution in [-0.2, 0) is 17.6 Å². The van der Waals surface area contributed by atoms with E-state index in [1.165, 1.54) is 0 Å². The van der Waals surface area contributed by atoms with Crippen LogP contribution in [0.2, 0.25) is 10.3 Å². The molecule has 0 saturated carbocycles. The van der Waals surface area contributed by atoms with Crippen LogP contribution in [0.1, 0.15) is 32.7 Å². The average molecular weight is 473 g/mol. The van der Waals surface area contributed by atoms with Crippen molar-refractivity contribution in [2.24, 2.45) is 0 Å². The van der Waals surface area contributed by atoms with Crippen LogP contribution in [0.5, 0.6) is 0 Å². The van der Waals surface area contributed by atoms with Crippen LogP contribution in [-0.4, -0.2) is 15.8 Å². The summed E-state index contributed by atoms with van der Waals surface area (Å²) in [7, 11) is 0. The van der Waals surface area contributed by atoms with Gasteiger partial charge in [0.2, 0.25) is 0 Å². The highest BCUT2D eigenvalue weighted by atomic mass is 35.5. The van der Waals surface area contributed by atoms with Crippen molar-refractivity contribution in [1.82, 2.24) is 9.97 Å². The monoisotopic (exact) mass is 472 g/mol. The Balaban J connectivity index is 1.66. The molecule has 4 aromatic heterocycles. The normalized spacial score (nSPS) is 13.1. The summed E-state index contributed by atoms with van der Waals surface area (Å²) in [5.41, 5.74) is 1.98. The van der Waals surface area contributed by atoms with Gasteiger partial charge in [-0.25, -0.2) is 9.97 Å². The minimum absolute atomic E-state index is 0.199. The van der Waals surface area contributed by atoms with E-state index in [9.17, 15) is 4.79 Å². The number of thiophene rings is 2. The lowest BCUT2D eigenvalue weighted by molar-refractivity contribution is -0.121. The lowest BCUT2D eigenvalue weighted by Gasteiger charge is -2.21. The highest BCUT2D eigenvalue weighted by Crippen LogP contribution is 2.35. The first-order valence-electron chi connectivity index (χ1n) is 9.41. The Morgan fingerprint density at radius 3 is 1.57 bits per heavy atom. The van der Waals surface area contributed by atoms with Crippen molar-refractivity contribution < 1.29 is 4.79 Å². The Hall–Kier alpha value is -2.05. The molecule has 0 amide bonds. The number of nitrogens with zero attached hydrogens (tertiary/aromatic N) is 2. The second-order valence-electron chi connectivity index (χ2n) is 6.92. The molecule has 4 heterocycles. The van der Waals surface area contributed by atoms with Crippen molar-refractivity contribution in [3.8, 4) is 0 Å². The minimum Gasteiger partial charge on any atom is -0.298 e. The molecule has 0 radical (unpaired) electrons. The van der Waals surface area contributed by atoms with Crippen LogP contribution in [0, 0.1) is 0 Å². The number of rotatable bonds is 8. The zero-order chi connectivity index (χ0) is 20.9. The molecule has 30 heavy (non-hydrogen) atoms. The molecule has 0 fully saturated rings. The molecule has 0 aromatic carbocycles. The zero-order valence-electron chi connectivity index (χ0n) is 15.9. The van der Waals surface area contributed by atoms with Gasteiger partial charge in [0, 0.05) is 22.1 Å². The molecule has 0 aliphatic carbocycles. The second-order valence-corrected chi connectivity index (χ2v) is 9.66. The van der Waals surface area contributed by atoms with Crippen LogP contribution in [0.4, 0.5) is 0 Å². The molecule has 152 valence electrons. The van der Waals surface area contributed by atoms with Gasteiger partial charge < -0.3 is 0 Å². The number of aromatic nitrogens is 2. The van der Waals surface area contributed by atoms with Gasteiger partial charge in [-0.05, 0) is 59.0 Å². The van der Waals surface area contributed by atoms with Crippen molar-refractivity contribution in [3.63, 3.8) is 0 Å². The van der Waals surface area contributed by atoms with E-state index < -0.39 is 0 Å². The van der Waals surface area contributed by atoms with Gasteiger partial charge in [0.15, 0.2) is 0 Å². The summed E-state index contributed by atoms with van der Waals surface area (Å²) < 4.78 is 0. The van der Waals surface area contributed by atoms with E-state index in [4.69, 9.17) is 23.2 Å². The van der Waals surface area contributed by atoms with E-state index in [2.05, 4.69) is 9.97 Å². The smallest absolute Gasteiger partial charge is 0.150 e. The molecule has 2 unspecified atom stereocenters. The van der Waals surface area contributed by atoms with Crippen LogP contribution < -0.4 is 0 Å². The molecule has 0 aliphatic heterocycles. The highest BCUT2D eigenvalue weighted by molar-refractivity contribution is 7.10. The van der Waals surface area contributed by atoms with Crippen molar-refractivity contribution in [3.05, 3.63) is 103 Å². The lowest BCUT2D eigenvalue weighted by Crippen LogP contribution is -2.23. The van der Waals surface area contributed by atoms with Crippen molar-refractivity contribution in [2.75, 3.05) is 0 Å². The molecule has 0 aliphatic rings. The Morgan fingerprint density at radius 2 is 1.23 bits per heavy atom. The van der Waals surface area contributed by atoms with Gasteiger partial charge in [-0.15, -0.1) is 22.7 Å². The molecular formula is C23H18Cl2N2OS2. The Kier molecular flexibility index (Phi) is 6.95. The third kappa shape index (κ3) is 5.16. The maximum atomic E-state index is 13.9. The zero-order valence-corrected chi connectivity index (χ0v) is 19.0. The second kappa shape index (κ2) is 9.84. The maximum Gasteiger partial charge on any atom is 0.150 e. The van der Waals surface area contributed by atoms with Crippen LogP contribution in [0.15, 0.2) is 71.7 Å². The van der Waals surface area contributed by atoms with E-state index in [-0.39, 0.29) is 17.6 Å². The van der Waals surface area contributed by atoms with E-state index in [1.807, 2.05) is 47.2 Å². The highest BCUT2D eigenvalue weighted by Gasteiger charge is 2.31. The lowest BCUT2D eigenvalue weighted by atomic mass is 9.83. The third-order valence-corrected chi connectivity index (χ3v) is 7.34. The van der Waals surface area contributed by atoms with E-state index >= 15 is 0 Å². The quantitative estimate of drug-likeness (QED) is 0.264. The molecular weight excluding hydrogens is 455 g/mol.